The second kappa shape index (κ2) is 4.20. The van der Waals surface area contributed by atoms with Crippen molar-refractivity contribution >= 4 is 17.5 Å². The number of hydrogen-bond donors (Lipinski definition) is 0. The monoisotopic (exact) mass is 243 g/mol. The molecule has 1 fully saturated rings. The van der Waals surface area contributed by atoms with Gasteiger partial charge in [-0.25, -0.2) is 13.7 Å². The van der Waals surface area contributed by atoms with Gasteiger partial charge in [0, 0.05) is 12.5 Å². The minimum Gasteiger partial charge on any atom is -0.274 e. The number of alkyl halides is 1. The van der Waals surface area contributed by atoms with Crippen molar-refractivity contribution in [1.29, 1.82) is 0 Å². The number of hydrogen-bond acceptors (Lipinski definition) is 2. The lowest BCUT2D eigenvalue weighted by Crippen LogP contribution is -2.31. The van der Waals surface area contributed by atoms with Crippen molar-refractivity contribution in [3.63, 3.8) is 0 Å². The van der Waals surface area contributed by atoms with E-state index in [0.29, 0.717) is 11.0 Å². The molecule has 90 valence electrons. The van der Waals surface area contributed by atoms with Crippen molar-refractivity contribution in [2.24, 2.45) is 5.92 Å². The number of imide groups is 1. The zero-order valence-electron chi connectivity index (χ0n) is 8.62. The summed E-state index contributed by atoms with van der Waals surface area (Å²) in [6.45, 7) is -0.968. The van der Waals surface area contributed by atoms with Crippen molar-refractivity contribution < 1.29 is 22.8 Å². The molecule has 1 saturated heterocycles. The summed E-state index contributed by atoms with van der Waals surface area (Å²) in [6, 6.07) is 2.49. The Bertz CT molecular complexity index is 490. The molecule has 2 rings (SSSR count). The van der Waals surface area contributed by atoms with E-state index in [9.17, 15) is 22.8 Å². The summed E-state index contributed by atoms with van der Waals surface area (Å²) in [5.41, 5.74) is -0.336. The smallest absolute Gasteiger partial charge is 0.240 e. The van der Waals surface area contributed by atoms with Gasteiger partial charge in [-0.3, -0.25) is 14.0 Å². The van der Waals surface area contributed by atoms with E-state index < -0.39 is 36.0 Å². The van der Waals surface area contributed by atoms with Crippen molar-refractivity contribution in [3.05, 3.63) is 29.8 Å². The molecular formula is C11H8F3NO2. The molecule has 1 unspecified atom stereocenters. The van der Waals surface area contributed by atoms with Gasteiger partial charge in [-0.1, -0.05) is 0 Å². The van der Waals surface area contributed by atoms with Crippen molar-refractivity contribution in [2.75, 3.05) is 11.6 Å². The second-order valence-corrected chi connectivity index (χ2v) is 3.72. The average Bonchev–Trinajstić information content (AvgIpc) is 2.55. The molecule has 17 heavy (non-hydrogen) atoms. The Morgan fingerprint density at radius 3 is 2.53 bits per heavy atom. The second-order valence-electron chi connectivity index (χ2n) is 3.72. The third-order valence-corrected chi connectivity index (χ3v) is 2.58. The molecule has 3 nitrogen and oxygen atoms in total. The van der Waals surface area contributed by atoms with E-state index in [-0.39, 0.29) is 12.1 Å². The Kier molecular flexibility index (Phi) is 2.87. The van der Waals surface area contributed by atoms with E-state index in [4.69, 9.17) is 0 Å². The first-order chi connectivity index (χ1) is 8.04. The molecule has 0 bridgehead atoms. The van der Waals surface area contributed by atoms with Gasteiger partial charge in [0.25, 0.3) is 0 Å². The predicted molar refractivity (Wildman–Crippen MR) is 52.9 cm³/mol. The maximum atomic E-state index is 13.4. The number of nitrogens with zero attached hydrogens (tertiary/aromatic N) is 1. The fourth-order valence-electron chi connectivity index (χ4n) is 1.73. The topological polar surface area (TPSA) is 37.4 Å². The number of carbonyl (C=O) groups excluding carboxylic acids is 2. The van der Waals surface area contributed by atoms with E-state index in [0.717, 1.165) is 12.1 Å². The largest absolute Gasteiger partial charge is 0.274 e. The minimum atomic E-state index is -1.06. The predicted octanol–water partition coefficient (Wildman–Crippen LogP) is 1.81. The third-order valence-electron chi connectivity index (χ3n) is 2.58. The van der Waals surface area contributed by atoms with Gasteiger partial charge in [0.15, 0.2) is 0 Å². The Labute approximate surface area is 94.8 Å². The lowest BCUT2D eigenvalue weighted by molar-refractivity contribution is -0.122. The molecule has 1 heterocycles. The number of rotatable bonds is 2. The summed E-state index contributed by atoms with van der Waals surface area (Å²) in [4.78, 5) is 23.6. The van der Waals surface area contributed by atoms with Crippen LogP contribution < -0.4 is 4.90 Å². The van der Waals surface area contributed by atoms with Crippen LogP contribution in [0, 0.1) is 17.6 Å². The van der Waals surface area contributed by atoms with Crippen LogP contribution in [0.3, 0.4) is 0 Å². The molecule has 0 aliphatic carbocycles. The van der Waals surface area contributed by atoms with Crippen molar-refractivity contribution in [2.45, 2.75) is 6.42 Å². The van der Waals surface area contributed by atoms with Gasteiger partial charge >= 0.3 is 0 Å². The molecule has 1 aromatic carbocycles. The molecular weight excluding hydrogens is 235 g/mol. The maximum absolute atomic E-state index is 13.4. The van der Waals surface area contributed by atoms with Gasteiger partial charge in [0.05, 0.1) is 11.6 Å². The highest BCUT2D eigenvalue weighted by atomic mass is 19.1. The highest BCUT2D eigenvalue weighted by molar-refractivity contribution is 6.21. The van der Waals surface area contributed by atoms with E-state index in [1.807, 2.05) is 0 Å². The normalized spacial score (nSPS) is 20.2. The Morgan fingerprint density at radius 2 is 2.00 bits per heavy atom. The van der Waals surface area contributed by atoms with E-state index in [1.165, 1.54) is 0 Å². The van der Waals surface area contributed by atoms with E-state index >= 15 is 0 Å². The molecule has 1 atom stereocenters. The van der Waals surface area contributed by atoms with Gasteiger partial charge in [0.2, 0.25) is 11.8 Å². The molecule has 1 aliphatic heterocycles. The van der Waals surface area contributed by atoms with Crippen LogP contribution in [0.4, 0.5) is 18.9 Å². The Balaban J connectivity index is 2.40. The molecule has 0 aromatic heterocycles. The van der Waals surface area contributed by atoms with E-state index in [1.54, 1.807) is 0 Å². The van der Waals surface area contributed by atoms with Crippen LogP contribution in [0.15, 0.2) is 18.2 Å². The maximum Gasteiger partial charge on any atom is 0.240 e. The average molecular weight is 243 g/mol. The third kappa shape index (κ3) is 1.90. The van der Waals surface area contributed by atoms with Crippen LogP contribution in [0.1, 0.15) is 6.42 Å². The Morgan fingerprint density at radius 1 is 1.29 bits per heavy atom. The summed E-state index contributed by atoms with van der Waals surface area (Å²) >= 11 is 0. The van der Waals surface area contributed by atoms with E-state index in [2.05, 4.69) is 0 Å². The van der Waals surface area contributed by atoms with Crippen LogP contribution in [-0.2, 0) is 9.59 Å². The summed E-state index contributed by atoms with van der Waals surface area (Å²) in [7, 11) is 0. The first kappa shape index (κ1) is 11.6. The molecule has 6 heteroatoms. The molecule has 0 radical (unpaired) electrons. The van der Waals surface area contributed by atoms with Gasteiger partial charge in [-0.15, -0.1) is 0 Å². The molecule has 0 saturated carbocycles. The molecule has 0 spiro atoms. The summed E-state index contributed by atoms with van der Waals surface area (Å²) in [6.07, 6.45) is -0.286. The van der Waals surface area contributed by atoms with Crippen LogP contribution in [0.2, 0.25) is 0 Å². The number of anilines is 1. The zero-order valence-corrected chi connectivity index (χ0v) is 8.62. The van der Waals surface area contributed by atoms with Crippen molar-refractivity contribution in [3.8, 4) is 0 Å². The van der Waals surface area contributed by atoms with Crippen LogP contribution >= 0.6 is 0 Å². The van der Waals surface area contributed by atoms with Crippen LogP contribution in [-0.4, -0.2) is 18.5 Å². The SMILES string of the molecule is O=C1CC(CF)C(=O)N1c1ccc(F)cc1F. The number of halogens is 3. The fourth-order valence-corrected chi connectivity index (χ4v) is 1.73. The van der Waals surface area contributed by atoms with Gasteiger partial charge in [-0.2, -0.15) is 0 Å². The number of carbonyl (C=O) groups is 2. The molecule has 1 aliphatic rings. The van der Waals surface area contributed by atoms with Gasteiger partial charge < -0.3 is 0 Å². The quantitative estimate of drug-likeness (QED) is 0.743. The fraction of sp³-hybridized carbons (Fsp3) is 0.273. The molecule has 1 aromatic rings. The number of benzene rings is 1. The van der Waals surface area contributed by atoms with Crippen LogP contribution in [0.25, 0.3) is 0 Å². The minimum absolute atomic E-state index is 0.286. The summed E-state index contributed by atoms with van der Waals surface area (Å²) in [5.74, 6) is -4.36. The molecule has 0 N–H and O–H groups in total. The standard InChI is InChI=1S/C11H8F3NO2/c12-5-6-3-10(16)15(11(6)17)9-2-1-7(13)4-8(9)14/h1-2,4,6H,3,5H2. The highest BCUT2D eigenvalue weighted by Gasteiger charge is 2.40. The zero-order chi connectivity index (χ0) is 12.6. The number of amides is 2. The van der Waals surface area contributed by atoms with Crippen molar-refractivity contribution in [1.82, 2.24) is 0 Å². The molecule has 2 amide bonds. The summed E-state index contributed by atoms with van der Waals surface area (Å²) in [5, 5.41) is 0. The lowest BCUT2D eigenvalue weighted by Gasteiger charge is -2.15. The first-order valence-corrected chi connectivity index (χ1v) is 4.92. The Hall–Kier alpha value is -1.85. The van der Waals surface area contributed by atoms with Gasteiger partial charge in [-0.05, 0) is 12.1 Å². The lowest BCUT2D eigenvalue weighted by atomic mass is 10.1. The highest BCUT2D eigenvalue weighted by Crippen LogP contribution is 2.29. The van der Waals surface area contributed by atoms with Crippen LogP contribution in [0.5, 0.6) is 0 Å². The summed E-state index contributed by atoms with van der Waals surface area (Å²) < 4.78 is 38.5. The first-order valence-electron chi connectivity index (χ1n) is 4.92. The van der Waals surface area contributed by atoms with Gasteiger partial charge in [0.1, 0.15) is 18.3 Å².